The molecule has 0 saturated heterocycles. The Morgan fingerprint density at radius 2 is 1.70 bits per heavy atom. The van der Waals surface area contributed by atoms with Gasteiger partial charge in [-0.3, -0.25) is 10.1 Å². The second-order valence-corrected chi connectivity index (χ2v) is 4.45. The molecule has 4 nitrogen and oxygen atoms in total. The summed E-state index contributed by atoms with van der Waals surface area (Å²) >= 11 is 0. The molecule has 1 amide bonds. The van der Waals surface area contributed by atoms with Crippen LogP contribution in [0.25, 0.3) is 11.3 Å². The summed E-state index contributed by atoms with van der Waals surface area (Å²) in [5.74, 6) is -1.75. The molecule has 0 saturated carbocycles. The average molecular weight is 338 g/mol. The van der Waals surface area contributed by atoms with Crippen molar-refractivity contribution in [3.8, 4) is 11.3 Å². The molecule has 0 bridgehead atoms. The summed E-state index contributed by atoms with van der Waals surface area (Å²) in [6.07, 6.45) is -10.1. The standard InChI is InChI=1S/C13H8F6N2O2/c14-12(15,16)5-9(22)21-11-10(20-6-23-11)7-1-3-8(4-2-7)13(17,18)19/h1-4,6H,5H2,(H,21,22). The summed E-state index contributed by atoms with van der Waals surface area (Å²) in [4.78, 5) is 14.9. The first kappa shape index (κ1) is 16.8. The minimum atomic E-state index is -4.70. The Labute approximate surface area is 125 Å². The number of anilines is 1. The van der Waals surface area contributed by atoms with Gasteiger partial charge in [0, 0.05) is 5.56 Å². The normalized spacial score (nSPS) is 12.3. The number of rotatable bonds is 3. The Morgan fingerprint density at radius 3 is 2.22 bits per heavy atom. The third-order valence-corrected chi connectivity index (χ3v) is 2.67. The van der Waals surface area contributed by atoms with Gasteiger partial charge in [0.2, 0.25) is 11.8 Å². The number of nitrogens with one attached hydrogen (secondary N) is 1. The molecule has 0 aliphatic rings. The lowest BCUT2D eigenvalue weighted by molar-refractivity contribution is -0.150. The highest BCUT2D eigenvalue weighted by molar-refractivity contribution is 5.93. The Hall–Kier alpha value is -2.52. The first-order valence-electron chi connectivity index (χ1n) is 6.04. The first-order valence-corrected chi connectivity index (χ1v) is 6.04. The molecule has 1 heterocycles. The van der Waals surface area contributed by atoms with Gasteiger partial charge in [0.1, 0.15) is 12.1 Å². The maximum Gasteiger partial charge on any atom is 0.416 e. The van der Waals surface area contributed by atoms with Crippen molar-refractivity contribution in [2.75, 3.05) is 5.32 Å². The largest absolute Gasteiger partial charge is 0.427 e. The number of hydrogen-bond donors (Lipinski definition) is 1. The molecule has 23 heavy (non-hydrogen) atoms. The highest BCUT2D eigenvalue weighted by atomic mass is 19.4. The van der Waals surface area contributed by atoms with Crippen LogP contribution in [0.3, 0.4) is 0 Å². The number of oxazole rings is 1. The molecule has 0 unspecified atom stereocenters. The van der Waals surface area contributed by atoms with Crippen LogP contribution in [0.1, 0.15) is 12.0 Å². The SMILES string of the molecule is O=C(CC(F)(F)F)Nc1ocnc1-c1ccc(C(F)(F)F)cc1. The topological polar surface area (TPSA) is 55.1 Å². The molecule has 2 rings (SSSR count). The number of halogens is 6. The molecule has 1 aromatic heterocycles. The number of carbonyl (C=O) groups excluding carboxylic acids is 1. The lowest BCUT2D eigenvalue weighted by Gasteiger charge is -2.08. The molecule has 1 aromatic carbocycles. The number of carbonyl (C=O) groups is 1. The fourth-order valence-corrected chi connectivity index (χ4v) is 1.71. The summed E-state index contributed by atoms with van der Waals surface area (Å²) in [6, 6.07) is 3.71. The number of alkyl halides is 6. The molecule has 0 radical (unpaired) electrons. The second kappa shape index (κ2) is 5.94. The Morgan fingerprint density at radius 1 is 1.09 bits per heavy atom. The third kappa shape index (κ3) is 4.47. The highest BCUT2D eigenvalue weighted by Crippen LogP contribution is 2.32. The van der Waals surface area contributed by atoms with Crippen LogP contribution >= 0.6 is 0 Å². The summed E-state index contributed by atoms with van der Waals surface area (Å²) in [6.45, 7) is 0. The maximum atomic E-state index is 12.5. The molecule has 0 spiro atoms. The van der Waals surface area contributed by atoms with E-state index in [9.17, 15) is 31.1 Å². The Kier molecular flexibility index (Phi) is 4.35. The molecule has 0 aliphatic heterocycles. The minimum Gasteiger partial charge on any atom is -0.427 e. The van der Waals surface area contributed by atoms with E-state index in [2.05, 4.69) is 4.98 Å². The van der Waals surface area contributed by atoms with Crippen LogP contribution in [-0.2, 0) is 11.0 Å². The van der Waals surface area contributed by atoms with Crippen molar-refractivity contribution in [2.24, 2.45) is 0 Å². The van der Waals surface area contributed by atoms with Gasteiger partial charge < -0.3 is 4.42 Å². The van der Waals surface area contributed by atoms with Gasteiger partial charge in [-0.15, -0.1) is 0 Å². The van der Waals surface area contributed by atoms with Crippen molar-refractivity contribution in [2.45, 2.75) is 18.8 Å². The molecular weight excluding hydrogens is 330 g/mol. The molecule has 1 N–H and O–H groups in total. The van der Waals surface area contributed by atoms with E-state index in [1.54, 1.807) is 0 Å². The quantitative estimate of drug-likeness (QED) is 0.851. The van der Waals surface area contributed by atoms with Crippen molar-refractivity contribution in [1.29, 1.82) is 0 Å². The van der Waals surface area contributed by atoms with E-state index in [4.69, 9.17) is 4.42 Å². The second-order valence-electron chi connectivity index (χ2n) is 4.45. The molecule has 2 aromatic rings. The monoisotopic (exact) mass is 338 g/mol. The van der Waals surface area contributed by atoms with Crippen molar-refractivity contribution < 1.29 is 35.6 Å². The van der Waals surface area contributed by atoms with Gasteiger partial charge in [0.25, 0.3) is 0 Å². The van der Waals surface area contributed by atoms with Gasteiger partial charge in [-0.1, -0.05) is 12.1 Å². The van der Waals surface area contributed by atoms with E-state index >= 15 is 0 Å². The number of nitrogens with zero attached hydrogens (tertiary/aromatic N) is 1. The fourth-order valence-electron chi connectivity index (χ4n) is 1.71. The smallest absolute Gasteiger partial charge is 0.416 e. The van der Waals surface area contributed by atoms with Crippen LogP contribution < -0.4 is 5.32 Å². The van der Waals surface area contributed by atoms with Gasteiger partial charge in [0.05, 0.1) is 5.56 Å². The molecule has 0 aliphatic carbocycles. The molecular formula is C13H8F6N2O2. The van der Waals surface area contributed by atoms with Crippen molar-refractivity contribution >= 4 is 11.8 Å². The van der Waals surface area contributed by atoms with Gasteiger partial charge >= 0.3 is 12.4 Å². The number of aromatic nitrogens is 1. The highest BCUT2D eigenvalue weighted by Gasteiger charge is 2.32. The average Bonchev–Trinajstić information content (AvgIpc) is 2.83. The van der Waals surface area contributed by atoms with E-state index in [0.717, 1.165) is 30.7 Å². The van der Waals surface area contributed by atoms with Gasteiger partial charge in [0.15, 0.2) is 6.39 Å². The van der Waals surface area contributed by atoms with E-state index in [-0.39, 0.29) is 17.1 Å². The van der Waals surface area contributed by atoms with E-state index in [1.165, 1.54) is 0 Å². The summed E-state index contributed by atoms with van der Waals surface area (Å²) < 4.78 is 78.5. The molecule has 0 atom stereocenters. The predicted molar refractivity (Wildman–Crippen MR) is 66.2 cm³/mol. The number of hydrogen-bond acceptors (Lipinski definition) is 3. The van der Waals surface area contributed by atoms with Crippen LogP contribution in [0.4, 0.5) is 32.2 Å². The van der Waals surface area contributed by atoms with E-state index < -0.39 is 30.2 Å². The first-order chi connectivity index (χ1) is 10.6. The maximum absolute atomic E-state index is 12.5. The van der Waals surface area contributed by atoms with Crippen LogP contribution in [0.2, 0.25) is 0 Å². The van der Waals surface area contributed by atoms with Crippen LogP contribution in [-0.4, -0.2) is 17.1 Å². The Balaban J connectivity index is 2.19. The lowest BCUT2D eigenvalue weighted by atomic mass is 10.1. The molecule has 10 heteroatoms. The van der Waals surface area contributed by atoms with Crippen LogP contribution in [0.15, 0.2) is 35.1 Å². The van der Waals surface area contributed by atoms with Crippen molar-refractivity contribution in [3.05, 3.63) is 36.2 Å². The number of amides is 1. The summed E-state index contributed by atoms with van der Waals surface area (Å²) in [5.41, 5.74) is -0.823. The molecule has 124 valence electrons. The summed E-state index contributed by atoms with van der Waals surface area (Å²) in [5, 5.41) is 1.88. The van der Waals surface area contributed by atoms with E-state index in [1.807, 2.05) is 5.32 Å². The minimum absolute atomic E-state index is 0.0748. The third-order valence-electron chi connectivity index (χ3n) is 2.67. The lowest BCUT2D eigenvalue weighted by Crippen LogP contribution is -2.21. The predicted octanol–water partition coefficient (Wildman–Crippen LogP) is 4.25. The summed E-state index contributed by atoms with van der Waals surface area (Å²) in [7, 11) is 0. The van der Waals surface area contributed by atoms with Crippen LogP contribution in [0, 0.1) is 0 Å². The fraction of sp³-hybridized carbons (Fsp3) is 0.231. The van der Waals surface area contributed by atoms with Gasteiger partial charge in [-0.2, -0.15) is 26.3 Å². The van der Waals surface area contributed by atoms with E-state index in [0.29, 0.717) is 0 Å². The molecule has 0 fully saturated rings. The number of benzene rings is 1. The van der Waals surface area contributed by atoms with Crippen molar-refractivity contribution in [3.63, 3.8) is 0 Å². The zero-order chi connectivity index (χ0) is 17.3. The van der Waals surface area contributed by atoms with Crippen LogP contribution in [0.5, 0.6) is 0 Å². The van der Waals surface area contributed by atoms with Gasteiger partial charge in [-0.25, -0.2) is 4.98 Å². The zero-order valence-electron chi connectivity index (χ0n) is 11.1. The zero-order valence-corrected chi connectivity index (χ0v) is 11.1. The van der Waals surface area contributed by atoms with Gasteiger partial charge in [-0.05, 0) is 12.1 Å². The Bertz CT molecular complexity index is 688. The van der Waals surface area contributed by atoms with Crippen molar-refractivity contribution in [1.82, 2.24) is 4.98 Å².